The molecule has 0 N–H and O–H groups in total. The van der Waals surface area contributed by atoms with E-state index in [2.05, 4.69) is 0 Å². The first-order valence-electron chi connectivity index (χ1n) is 6.60. The molecule has 2 aromatic carbocycles. The van der Waals surface area contributed by atoms with Crippen LogP contribution in [0, 0.1) is 0 Å². The number of ether oxygens (including phenoxy) is 2. The van der Waals surface area contributed by atoms with Gasteiger partial charge in [-0.3, -0.25) is 0 Å². The van der Waals surface area contributed by atoms with E-state index in [0.717, 1.165) is 23.8 Å². The Labute approximate surface area is 119 Å². The number of benzene rings is 2. The van der Waals surface area contributed by atoms with Crippen molar-refractivity contribution in [3.05, 3.63) is 59.7 Å². The molecule has 3 heteroatoms. The lowest BCUT2D eigenvalue weighted by molar-refractivity contribution is -0.107. The molecule has 0 radical (unpaired) electrons. The third kappa shape index (κ3) is 3.85. The van der Waals surface area contributed by atoms with Crippen LogP contribution in [0.5, 0.6) is 11.5 Å². The van der Waals surface area contributed by atoms with Gasteiger partial charge in [0.15, 0.2) is 11.5 Å². The number of aldehydes is 1. The topological polar surface area (TPSA) is 35.5 Å². The summed E-state index contributed by atoms with van der Waals surface area (Å²) in [4.78, 5) is 10.4. The number of methoxy groups -OCH3 is 1. The zero-order valence-electron chi connectivity index (χ0n) is 11.5. The first-order valence-corrected chi connectivity index (χ1v) is 6.60. The Hall–Kier alpha value is -2.29. The molecule has 0 aromatic heterocycles. The zero-order chi connectivity index (χ0) is 14.2. The fourth-order valence-corrected chi connectivity index (χ4v) is 1.95. The minimum Gasteiger partial charge on any atom is -0.493 e. The van der Waals surface area contributed by atoms with E-state index in [1.165, 1.54) is 0 Å². The highest BCUT2D eigenvalue weighted by Crippen LogP contribution is 2.29. The molecule has 0 spiro atoms. The normalized spacial score (nSPS) is 10.1. The van der Waals surface area contributed by atoms with Crippen LogP contribution in [0.4, 0.5) is 0 Å². The van der Waals surface area contributed by atoms with Gasteiger partial charge in [0.2, 0.25) is 0 Å². The van der Waals surface area contributed by atoms with E-state index in [1.807, 2.05) is 48.5 Å². The van der Waals surface area contributed by atoms with Crippen LogP contribution in [0.25, 0.3) is 0 Å². The molecule has 0 fully saturated rings. The Balaban J connectivity index is 2.05. The van der Waals surface area contributed by atoms with Crippen LogP contribution in [0.3, 0.4) is 0 Å². The minimum atomic E-state index is 0.505. The average Bonchev–Trinajstić information content (AvgIpc) is 2.52. The summed E-state index contributed by atoms with van der Waals surface area (Å²) in [6.07, 6.45) is 2.17. The van der Waals surface area contributed by atoms with Crippen molar-refractivity contribution in [1.82, 2.24) is 0 Å². The molecule has 20 heavy (non-hydrogen) atoms. The Kier molecular flexibility index (Phi) is 5.18. The molecule has 2 rings (SSSR count). The second kappa shape index (κ2) is 7.34. The summed E-state index contributed by atoms with van der Waals surface area (Å²) < 4.78 is 11.1. The molecule has 0 amide bonds. The highest BCUT2D eigenvalue weighted by molar-refractivity contribution is 5.51. The van der Waals surface area contributed by atoms with Crippen molar-refractivity contribution in [2.45, 2.75) is 19.4 Å². The number of carbonyl (C=O) groups is 1. The highest BCUT2D eigenvalue weighted by Gasteiger charge is 2.06. The summed E-state index contributed by atoms with van der Waals surface area (Å²) in [7, 11) is 1.62. The van der Waals surface area contributed by atoms with E-state index in [0.29, 0.717) is 24.5 Å². The fraction of sp³-hybridized carbons (Fsp3) is 0.235. The van der Waals surface area contributed by atoms with Gasteiger partial charge in [0.25, 0.3) is 0 Å². The predicted octanol–water partition coefficient (Wildman–Crippen LogP) is 3.41. The van der Waals surface area contributed by atoms with Crippen molar-refractivity contribution >= 4 is 6.29 Å². The molecule has 0 bridgehead atoms. The molecule has 3 nitrogen and oxygen atoms in total. The number of rotatable bonds is 7. The van der Waals surface area contributed by atoms with Crippen molar-refractivity contribution in [3.63, 3.8) is 0 Å². The lowest BCUT2D eigenvalue weighted by atomic mass is 10.1. The molecule has 0 saturated heterocycles. The molecule has 0 aliphatic heterocycles. The van der Waals surface area contributed by atoms with Crippen LogP contribution < -0.4 is 9.47 Å². The van der Waals surface area contributed by atoms with Gasteiger partial charge in [0.1, 0.15) is 12.9 Å². The van der Waals surface area contributed by atoms with E-state index in [1.54, 1.807) is 7.11 Å². The van der Waals surface area contributed by atoms with Gasteiger partial charge in [-0.2, -0.15) is 0 Å². The maximum absolute atomic E-state index is 10.4. The first kappa shape index (κ1) is 14.1. The number of aryl methyl sites for hydroxylation is 1. The van der Waals surface area contributed by atoms with Crippen LogP contribution in [0.15, 0.2) is 48.5 Å². The van der Waals surface area contributed by atoms with Crippen molar-refractivity contribution in [3.8, 4) is 11.5 Å². The predicted molar refractivity (Wildman–Crippen MR) is 78.2 cm³/mol. The SMILES string of the molecule is COc1cc(CCC=O)ccc1OCc1ccccc1. The van der Waals surface area contributed by atoms with Crippen LogP contribution in [-0.2, 0) is 17.8 Å². The molecular weight excluding hydrogens is 252 g/mol. The lowest BCUT2D eigenvalue weighted by Gasteiger charge is -2.12. The van der Waals surface area contributed by atoms with Gasteiger partial charge < -0.3 is 14.3 Å². The van der Waals surface area contributed by atoms with Crippen LogP contribution in [0.2, 0.25) is 0 Å². The van der Waals surface area contributed by atoms with Gasteiger partial charge in [0.05, 0.1) is 7.11 Å². The Morgan fingerprint density at radius 3 is 2.50 bits per heavy atom. The summed E-state index contributed by atoms with van der Waals surface area (Å²) >= 11 is 0. The maximum Gasteiger partial charge on any atom is 0.161 e. The molecule has 0 unspecified atom stereocenters. The van der Waals surface area contributed by atoms with Crippen molar-refractivity contribution in [2.75, 3.05) is 7.11 Å². The largest absolute Gasteiger partial charge is 0.493 e. The van der Waals surface area contributed by atoms with Crippen LogP contribution >= 0.6 is 0 Å². The monoisotopic (exact) mass is 270 g/mol. The molecule has 104 valence electrons. The third-order valence-corrected chi connectivity index (χ3v) is 3.02. The summed E-state index contributed by atoms with van der Waals surface area (Å²) in [5, 5.41) is 0. The quantitative estimate of drug-likeness (QED) is 0.723. The van der Waals surface area contributed by atoms with E-state index in [4.69, 9.17) is 9.47 Å². The van der Waals surface area contributed by atoms with Gasteiger partial charge in [-0.25, -0.2) is 0 Å². The molecule has 0 heterocycles. The Bertz CT molecular complexity index is 549. The minimum absolute atomic E-state index is 0.505. The molecular formula is C17H18O3. The Morgan fingerprint density at radius 1 is 1.00 bits per heavy atom. The number of hydrogen-bond donors (Lipinski definition) is 0. The first-order chi connectivity index (χ1) is 9.83. The Morgan fingerprint density at radius 2 is 1.80 bits per heavy atom. The number of carbonyl (C=O) groups excluding carboxylic acids is 1. The lowest BCUT2D eigenvalue weighted by Crippen LogP contribution is -1.98. The van der Waals surface area contributed by atoms with Crippen LogP contribution in [0.1, 0.15) is 17.5 Å². The molecule has 0 aliphatic rings. The average molecular weight is 270 g/mol. The number of hydrogen-bond acceptors (Lipinski definition) is 3. The summed E-state index contributed by atoms with van der Waals surface area (Å²) in [6, 6.07) is 15.8. The van der Waals surface area contributed by atoms with Gasteiger partial charge in [-0.05, 0) is 29.7 Å². The van der Waals surface area contributed by atoms with Gasteiger partial charge in [0, 0.05) is 6.42 Å². The molecule has 0 aliphatic carbocycles. The zero-order valence-corrected chi connectivity index (χ0v) is 11.5. The smallest absolute Gasteiger partial charge is 0.161 e. The molecule has 2 aromatic rings. The van der Waals surface area contributed by atoms with E-state index in [-0.39, 0.29) is 0 Å². The van der Waals surface area contributed by atoms with Gasteiger partial charge in [-0.15, -0.1) is 0 Å². The maximum atomic E-state index is 10.4. The second-order valence-electron chi connectivity index (χ2n) is 4.46. The second-order valence-corrected chi connectivity index (χ2v) is 4.46. The molecule has 0 atom stereocenters. The van der Waals surface area contributed by atoms with Crippen molar-refractivity contribution < 1.29 is 14.3 Å². The fourth-order valence-electron chi connectivity index (χ4n) is 1.95. The summed E-state index contributed by atoms with van der Waals surface area (Å²) in [6.45, 7) is 0.505. The highest BCUT2D eigenvalue weighted by atomic mass is 16.5. The van der Waals surface area contributed by atoms with Gasteiger partial charge in [-0.1, -0.05) is 36.4 Å². The molecule has 0 saturated carbocycles. The standard InChI is InChI=1S/C17H18O3/c1-19-17-12-14(8-5-11-18)9-10-16(17)20-13-15-6-3-2-4-7-15/h2-4,6-7,9-12H,5,8,13H2,1H3. The van der Waals surface area contributed by atoms with Crippen LogP contribution in [-0.4, -0.2) is 13.4 Å². The van der Waals surface area contributed by atoms with Crippen molar-refractivity contribution in [2.24, 2.45) is 0 Å². The van der Waals surface area contributed by atoms with E-state index < -0.39 is 0 Å². The van der Waals surface area contributed by atoms with Crippen molar-refractivity contribution in [1.29, 1.82) is 0 Å². The summed E-state index contributed by atoms with van der Waals surface area (Å²) in [5.41, 5.74) is 2.18. The van der Waals surface area contributed by atoms with E-state index >= 15 is 0 Å². The third-order valence-electron chi connectivity index (χ3n) is 3.02. The summed E-state index contributed by atoms with van der Waals surface area (Å²) in [5.74, 6) is 1.41. The van der Waals surface area contributed by atoms with Gasteiger partial charge >= 0.3 is 0 Å². The van der Waals surface area contributed by atoms with E-state index in [9.17, 15) is 4.79 Å².